The number of carbonyl (C=O) groups is 2. The highest BCUT2D eigenvalue weighted by molar-refractivity contribution is 5.82. The van der Waals surface area contributed by atoms with Crippen molar-refractivity contribution in [2.45, 2.75) is 32.8 Å². The molecule has 1 saturated heterocycles. The second-order valence-corrected chi connectivity index (χ2v) is 4.56. The number of esters is 2. The van der Waals surface area contributed by atoms with Gasteiger partial charge in [-0.2, -0.15) is 0 Å². The van der Waals surface area contributed by atoms with Crippen molar-refractivity contribution < 1.29 is 25.2 Å². The number of ether oxygens (including phenoxy) is 3. The van der Waals surface area contributed by atoms with E-state index in [1.165, 1.54) is 0 Å². The summed E-state index contributed by atoms with van der Waals surface area (Å²) in [5.41, 5.74) is 0. The monoisotopic (exact) mass is 280 g/mol. The molecule has 0 aromatic carbocycles. The molecule has 0 amide bonds. The standard InChI is InChI=1S/C15H18O5.H2/c1-4-6-8-18-15(17)13(7-5-2)11(3)14(16)20-10-12-9-19-12;/h1,11-13H,5,7,9-10H2,2-3H3;1H. The van der Waals surface area contributed by atoms with Crippen molar-refractivity contribution in [3.05, 3.63) is 0 Å². The van der Waals surface area contributed by atoms with Crippen molar-refractivity contribution in [2.75, 3.05) is 13.2 Å². The Morgan fingerprint density at radius 3 is 2.75 bits per heavy atom. The molecule has 0 aliphatic carbocycles. The van der Waals surface area contributed by atoms with Gasteiger partial charge in [-0.15, -0.1) is 6.42 Å². The Hall–Kier alpha value is -1.98. The van der Waals surface area contributed by atoms with E-state index >= 15 is 0 Å². The summed E-state index contributed by atoms with van der Waals surface area (Å²) in [6, 6.07) is 0. The zero-order valence-electron chi connectivity index (χ0n) is 11.7. The molecule has 0 aromatic heterocycles. The van der Waals surface area contributed by atoms with Crippen LogP contribution in [0.4, 0.5) is 0 Å². The fraction of sp³-hybridized carbons (Fsp3) is 0.600. The lowest BCUT2D eigenvalue weighted by Gasteiger charge is -2.19. The normalized spacial score (nSPS) is 18.8. The van der Waals surface area contributed by atoms with Crippen LogP contribution >= 0.6 is 0 Å². The molecule has 5 heteroatoms. The molecule has 20 heavy (non-hydrogen) atoms. The Kier molecular flexibility index (Phi) is 6.63. The summed E-state index contributed by atoms with van der Waals surface area (Å²) in [6.45, 7) is 4.41. The van der Waals surface area contributed by atoms with Gasteiger partial charge in [0.2, 0.25) is 0 Å². The molecule has 0 aromatic rings. The third-order valence-electron chi connectivity index (χ3n) is 2.97. The first-order chi connectivity index (χ1) is 9.60. The SMILES string of the molecule is C#CC#COC(=O)C(CCC)C(C)C(=O)OCC1CO1.[HH]. The quantitative estimate of drug-likeness (QED) is 0.400. The minimum atomic E-state index is -0.589. The molecule has 0 bridgehead atoms. The van der Waals surface area contributed by atoms with Gasteiger partial charge in [-0.1, -0.05) is 20.3 Å². The molecular weight excluding hydrogens is 260 g/mol. The lowest BCUT2D eigenvalue weighted by molar-refractivity contribution is -0.157. The van der Waals surface area contributed by atoms with Gasteiger partial charge in [0, 0.05) is 7.35 Å². The number of rotatable bonds is 7. The maximum atomic E-state index is 11.9. The summed E-state index contributed by atoms with van der Waals surface area (Å²) < 4.78 is 14.8. The number of hydrogen-bond acceptors (Lipinski definition) is 5. The second-order valence-electron chi connectivity index (χ2n) is 4.56. The minimum absolute atomic E-state index is 0. The number of terminal acetylenes is 1. The lowest BCUT2D eigenvalue weighted by Crippen LogP contribution is -2.30. The molecule has 3 atom stereocenters. The van der Waals surface area contributed by atoms with E-state index < -0.39 is 23.8 Å². The smallest absolute Gasteiger partial charge is 0.323 e. The third-order valence-corrected chi connectivity index (χ3v) is 2.97. The van der Waals surface area contributed by atoms with Crippen molar-refractivity contribution in [2.24, 2.45) is 11.8 Å². The zero-order valence-corrected chi connectivity index (χ0v) is 11.7. The number of epoxide rings is 1. The molecule has 1 heterocycles. The van der Waals surface area contributed by atoms with E-state index in [0.29, 0.717) is 13.0 Å². The number of carbonyl (C=O) groups excluding carboxylic acids is 2. The summed E-state index contributed by atoms with van der Waals surface area (Å²) in [7, 11) is 0. The van der Waals surface area contributed by atoms with Crippen LogP contribution in [0.5, 0.6) is 0 Å². The Bertz CT molecular complexity index is 453. The Labute approximate surface area is 120 Å². The molecule has 1 aliphatic heterocycles. The van der Waals surface area contributed by atoms with Crippen LogP contribution in [0.1, 0.15) is 28.1 Å². The first-order valence-electron chi connectivity index (χ1n) is 6.54. The molecule has 0 saturated carbocycles. The molecular formula is C15H20O5. The van der Waals surface area contributed by atoms with E-state index in [1.54, 1.807) is 6.92 Å². The van der Waals surface area contributed by atoms with E-state index in [0.717, 1.165) is 6.42 Å². The van der Waals surface area contributed by atoms with Crippen LogP contribution < -0.4 is 0 Å². The molecule has 1 fully saturated rings. The van der Waals surface area contributed by atoms with Gasteiger partial charge in [0.25, 0.3) is 0 Å². The van der Waals surface area contributed by atoms with Crippen LogP contribution in [0, 0.1) is 36.2 Å². The Balaban J connectivity index is 0.00000400. The topological polar surface area (TPSA) is 65.1 Å². The Morgan fingerprint density at radius 1 is 1.50 bits per heavy atom. The van der Waals surface area contributed by atoms with Gasteiger partial charge >= 0.3 is 11.9 Å². The van der Waals surface area contributed by atoms with Crippen LogP contribution in [-0.4, -0.2) is 31.3 Å². The average Bonchev–Trinajstić information content (AvgIpc) is 3.25. The summed E-state index contributed by atoms with van der Waals surface area (Å²) in [5.74, 6) is 2.08. The predicted octanol–water partition coefficient (Wildman–Crippen LogP) is 1.36. The van der Waals surface area contributed by atoms with E-state index in [9.17, 15) is 9.59 Å². The number of hydrogen-bond donors (Lipinski definition) is 0. The van der Waals surface area contributed by atoms with Crippen LogP contribution in [0.2, 0.25) is 0 Å². The van der Waals surface area contributed by atoms with Gasteiger partial charge in [0.1, 0.15) is 18.8 Å². The van der Waals surface area contributed by atoms with E-state index in [1.807, 2.05) is 12.8 Å². The zero-order chi connectivity index (χ0) is 15.0. The molecule has 0 radical (unpaired) electrons. The van der Waals surface area contributed by atoms with Crippen molar-refractivity contribution in [3.8, 4) is 24.4 Å². The van der Waals surface area contributed by atoms with Gasteiger partial charge in [-0.05, 0) is 12.3 Å². The highest BCUT2D eigenvalue weighted by atomic mass is 16.6. The second kappa shape index (κ2) is 8.24. The van der Waals surface area contributed by atoms with Gasteiger partial charge in [-0.25, -0.2) is 0 Å². The van der Waals surface area contributed by atoms with Gasteiger partial charge in [0.05, 0.1) is 18.4 Å². The van der Waals surface area contributed by atoms with Gasteiger partial charge in [-0.3, -0.25) is 9.59 Å². The molecule has 3 unspecified atom stereocenters. The van der Waals surface area contributed by atoms with E-state index in [-0.39, 0.29) is 14.1 Å². The van der Waals surface area contributed by atoms with Crippen LogP contribution in [0.25, 0.3) is 0 Å². The fourth-order valence-electron chi connectivity index (χ4n) is 1.70. The van der Waals surface area contributed by atoms with E-state index in [4.69, 9.17) is 20.6 Å². The first kappa shape index (κ1) is 16.1. The minimum Gasteiger partial charge on any atom is -0.463 e. The van der Waals surface area contributed by atoms with Crippen LogP contribution in [-0.2, 0) is 23.8 Å². The van der Waals surface area contributed by atoms with Crippen molar-refractivity contribution in [3.63, 3.8) is 0 Å². The maximum absolute atomic E-state index is 11.9. The molecule has 1 aliphatic rings. The van der Waals surface area contributed by atoms with Crippen molar-refractivity contribution in [1.29, 1.82) is 0 Å². The average molecular weight is 280 g/mol. The molecule has 0 spiro atoms. The van der Waals surface area contributed by atoms with Crippen LogP contribution in [0.3, 0.4) is 0 Å². The Morgan fingerprint density at radius 2 is 2.20 bits per heavy atom. The summed E-state index contributed by atoms with van der Waals surface area (Å²) >= 11 is 0. The summed E-state index contributed by atoms with van der Waals surface area (Å²) in [6.07, 6.45) is 8.32. The van der Waals surface area contributed by atoms with Crippen molar-refractivity contribution in [1.82, 2.24) is 0 Å². The largest absolute Gasteiger partial charge is 0.463 e. The van der Waals surface area contributed by atoms with Gasteiger partial charge in [0.15, 0.2) is 0 Å². The van der Waals surface area contributed by atoms with Crippen LogP contribution in [0.15, 0.2) is 0 Å². The van der Waals surface area contributed by atoms with Gasteiger partial charge < -0.3 is 14.2 Å². The summed E-state index contributed by atoms with van der Waals surface area (Å²) in [5, 5.41) is 0. The summed E-state index contributed by atoms with van der Waals surface area (Å²) in [4.78, 5) is 23.8. The third kappa shape index (κ3) is 5.34. The molecule has 110 valence electrons. The maximum Gasteiger partial charge on any atom is 0.323 e. The highest BCUT2D eigenvalue weighted by Crippen LogP contribution is 2.21. The molecule has 5 nitrogen and oxygen atoms in total. The molecule has 1 rings (SSSR count). The molecule has 0 N–H and O–H groups in total. The first-order valence-corrected chi connectivity index (χ1v) is 6.54. The lowest BCUT2D eigenvalue weighted by atomic mass is 9.90. The highest BCUT2D eigenvalue weighted by Gasteiger charge is 2.33. The predicted molar refractivity (Wildman–Crippen MR) is 73.1 cm³/mol. The van der Waals surface area contributed by atoms with E-state index in [2.05, 4.69) is 12.0 Å². The van der Waals surface area contributed by atoms with Crippen molar-refractivity contribution >= 4 is 11.9 Å². The fourth-order valence-corrected chi connectivity index (χ4v) is 1.70.